The molecule has 90 valence electrons. The van der Waals surface area contributed by atoms with E-state index in [-0.39, 0.29) is 11.7 Å². The molecule has 0 atom stereocenters. The van der Waals surface area contributed by atoms with E-state index in [2.05, 4.69) is 0 Å². The molecule has 0 radical (unpaired) electrons. The molecule has 0 spiro atoms. The lowest BCUT2D eigenvalue weighted by Gasteiger charge is -1.89. The molecule has 0 saturated heterocycles. The first-order valence-corrected chi connectivity index (χ1v) is 7.39. The van der Waals surface area contributed by atoms with E-state index in [1.807, 2.05) is 24.3 Å². The number of carbonyl (C=O) groups excluding carboxylic acids is 2. The fourth-order valence-corrected chi connectivity index (χ4v) is 4.02. The molecule has 0 bridgehead atoms. The van der Waals surface area contributed by atoms with E-state index >= 15 is 0 Å². The molecule has 0 N–H and O–H groups in total. The van der Waals surface area contributed by atoms with Crippen LogP contribution in [0.5, 0.6) is 0 Å². The topological polar surface area (TPSA) is 34.1 Å². The monoisotopic (exact) mass is 294 g/mol. The van der Waals surface area contributed by atoms with Crippen LogP contribution >= 0.6 is 34.3 Å². The number of carbonyl (C=O) groups is 2. The summed E-state index contributed by atoms with van der Waals surface area (Å²) in [5.74, 6) is -0.0361. The molecule has 3 aromatic rings. The smallest absolute Gasteiger partial charge is 0.187 e. The van der Waals surface area contributed by atoms with Gasteiger partial charge in [0.15, 0.2) is 12.1 Å². The number of hydrogen-bond acceptors (Lipinski definition) is 4. The molecule has 2 aromatic heterocycles. The van der Waals surface area contributed by atoms with Crippen LogP contribution in [0.15, 0.2) is 24.3 Å². The summed E-state index contributed by atoms with van der Waals surface area (Å²) in [5.41, 5.74) is 0. The van der Waals surface area contributed by atoms with Crippen molar-refractivity contribution in [2.24, 2.45) is 0 Å². The molecule has 2 nitrogen and oxygen atoms in total. The first-order chi connectivity index (χ1) is 8.71. The number of aldehydes is 1. The van der Waals surface area contributed by atoms with Crippen molar-refractivity contribution in [3.8, 4) is 0 Å². The quantitative estimate of drug-likeness (QED) is 0.409. The maximum absolute atomic E-state index is 11.5. The molecule has 0 fully saturated rings. The summed E-state index contributed by atoms with van der Waals surface area (Å²) in [7, 11) is 0. The number of thiophene rings is 2. The zero-order valence-corrected chi connectivity index (χ0v) is 11.5. The lowest BCUT2D eigenvalue weighted by molar-refractivity contribution is 0.102. The molecule has 0 amide bonds. The summed E-state index contributed by atoms with van der Waals surface area (Å²) in [6.45, 7) is 0. The average Bonchev–Trinajstić information content (AvgIpc) is 2.96. The van der Waals surface area contributed by atoms with Gasteiger partial charge in [-0.2, -0.15) is 0 Å². The summed E-state index contributed by atoms with van der Waals surface area (Å²) >= 11 is 8.46. The third-order valence-corrected chi connectivity index (χ3v) is 5.09. The Hall–Kier alpha value is -1.23. The van der Waals surface area contributed by atoms with Crippen LogP contribution in [0.2, 0.25) is 0 Å². The standard InChI is InChI=1S/C13H7ClO2S2/c14-5-10(16)13-4-8-3-11-7(2-12(8)18-13)1-9(6-15)17-11/h1-4,6H,5H2. The first kappa shape index (κ1) is 11.8. The number of fused-ring (bicyclic) bond motifs is 2. The molecule has 0 unspecified atom stereocenters. The Labute approximate surface area is 116 Å². The first-order valence-electron chi connectivity index (χ1n) is 5.23. The van der Waals surface area contributed by atoms with Gasteiger partial charge in [-0.25, -0.2) is 0 Å². The SMILES string of the molecule is O=Cc1cc2cc3sc(C(=O)CCl)cc3cc2s1. The molecule has 2 heterocycles. The van der Waals surface area contributed by atoms with E-state index in [9.17, 15) is 9.59 Å². The van der Waals surface area contributed by atoms with Gasteiger partial charge in [0.1, 0.15) is 0 Å². The second-order valence-electron chi connectivity index (χ2n) is 3.86. The summed E-state index contributed by atoms with van der Waals surface area (Å²) in [6.07, 6.45) is 0.862. The molecule has 18 heavy (non-hydrogen) atoms. The number of halogens is 1. The van der Waals surface area contributed by atoms with E-state index in [0.29, 0.717) is 4.88 Å². The van der Waals surface area contributed by atoms with Crippen molar-refractivity contribution < 1.29 is 9.59 Å². The Balaban J connectivity index is 2.23. The van der Waals surface area contributed by atoms with E-state index in [4.69, 9.17) is 11.6 Å². The molecular weight excluding hydrogens is 288 g/mol. The van der Waals surface area contributed by atoms with Gasteiger partial charge in [-0.05, 0) is 35.0 Å². The minimum absolute atomic E-state index is 0.0104. The minimum Gasteiger partial charge on any atom is -0.297 e. The fourth-order valence-electron chi connectivity index (χ4n) is 1.85. The van der Waals surface area contributed by atoms with Crippen LogP contribution in [0.25, 0.3) is 20.2 Å². The van der Waals surface area contributed by atoms with E-state index in [0.717, 1.165) is 31.3 Å². The maximum Gasteiger partial charge on any atom is 0.187 e. The molecule has 5 heteroatoms. The maximum atomic E-state index is 11.5. The van der Waals surface area contributed by atoms with Gasteiger partial charge in [0.2, 0.25) is 0 Å². The number of Topliss-reactive ketones (excluding diaryl/α,β-unsaturated/α-hetero) is 1. The third kappa shape index (κ3) is 1.86. The van der Waals surface area contributed by atoms with Gasteiger partial charge >= 0.3 is 0 Å². The van der Waals surface area contributed by atoms with Crippen molar-refractivity contribution in [1.82, 2.24) is 0 Å². The lowest BCUT2D eigenvalue weighted by atomic mass is 10.2. The minimum atomic E-state index is -0.0465. The largest absolute Gasteiger partial charge is 0.297 e. The number of rotatable bonds is 3. The Bertz CT molecular complexity index is 719. The highest BCUT2D eigenvalue weighted by atomic mass is 35.5. The van der Waals surface area contributed by atoms with Crippen molar-refractivity contribution in [3.05, 3.63) is 34.0 Å². The predicted molar refractivity (Wildman–Crippen MR) is 77.6 cm³/mol. The molecule has 3 rings (SSSR count). The highest BCUT2D eigenvalue weighted by Gasteiger charge is 2.11. The molecule has 0 aliphatic rings. The van der Waals surface area contributed by atoms with Crippen LogP contribution in [0.4, 0.5) is 0 Å². The highest BCUT2D eigenvalue weighted by Crippen LogP contribution is 2.33. The van der Waals surface area contributed by atoms with Crippen molar-refractivity contribution in [1.29, 1.82) is 0 Å². The average molecular weight is 295 g/mol. The van der Waals surface area contributed by atoms with Gasteiger partial charge < -0.3 is 0 Å². The van der Waals surface area contributed by atoms with Crippen molar-refractivity contribution in [3.63, 3.8) is 0 Å². The summed E-state index contributed by atoms with van der Waals surface area (Å²) in [4.78, 5) is 23.7. The van der Waals surface area contributed by atoms with Gasteiger partial charge in [-0.15, -0.1) is 34.3 Å². The summed E-state index contributed by atoms with van der Waals surface area (Å²) < 4.78 is 2.11. The molecule has 0 aliphatic heterocycles. The fraction of sp³-hybridized carbons (Fsp3) is 0.0769. The summed E-state index contributed by atoms with van der Waals surface area (Å²) in [5, 5.41) is 2.07. The number of alkyl halides is 1. The van der Waals surface area contributed by atoms with E-state index < -0.39 is 0 Å². The van der Waals surface area contributed by atoms with Crippen LogP contribution in [0.3, 0.4) is 0 Å². The lowest BCUT2D eigenvalue weighted by Crippen LogP contribution is -1.95. The van der Waals surface area contributed by atoms with Crippen molar-refractivity contribution >= 4 is 66.5 Å². The Morgan fingerprint density at radius 1 is 1.11 bits per heavy atom. The summed E-state index contributed by atoms with van der Waals surface area (Å²) in [6, 6.07) is 7.77. The second kappa shape index (κ2) is 4.46. The number of ketones is 1. The molecule has 0 aliphatic carbocycles. The Kier molecular flexibility index (Phi) is 2.93. The van der Waals surface area contributed by atoms with Crippen LogP contribution in [0, 0.1) is 0 Å². The molecule has 1 aromatic carbocycles. The Morgan fingerprint density at radius 2 is 1.78 bits per heavy atom. The van der Waals surface area contributed by atoms with E-state index in [1.165, 1.54) is 22.7 Å². The van der Waals surface area contributed by atoms with Crippen LogP contribution in [-0.4, -0.2) is 17.9 Å². The van der Waals surface area contributed by atoms with Gasteiger partial charge in [-0.1, -0.05) is 0 Å². The zero-order chi connectivity index (χ0) is 12.7. The van der Waals surface area contributed by atoms with Crippen LogP contribution in [-0.2, 0) is 0 Å². The van der Waals surface area contributed by atoms with Crippen LogP contribution < -0.4 is 0 Å². The molecular formula is C13H7ClO2S2. The van der Waals surface area contributed by atoms with Gasteiger partial charge in [0.05, 0.1) is 15.6 Å². The predicted octanol–water partition coefficient (Wildman–Crippen LogP) is 4.35. The Morgan fingerprint density at radius 3 is 2.44 bits per heavy atom. The van der Waals surface area contributed by atoms with Crippen LogP contribution in [0.1, 0.15) is 19.3 Å². The van der Waals surface area contributed by atoms with Gasteiger partial charge in [0.25, 0.3) is 0 Å². The van der Waals surface area contributed by atoms with Crippen molar-refractivity contribution in [2.45, 2.75) is 0 Å². The third-order valence-electron chi connectivity index (χ3n) is 2.69. The molecule has 0 saturated carbocycles. The highest BCUT2D eigenvalue weighted by molar-refractivity contribution is 7.22. The number of benzene rings is 1. The normalized spacial score (nSPS) is 11.2. The van der Waals surface area contributed by atoms with E-state index in [1.54, 1.807) is 0 Å². The second-order valence-corrected chi connectivity index (χ2v) is 6.33. The van der Waals surface area contributed by atoms with Gasteiger partial charge in [-0.3, -0.25) is 9.59 Å². The number of hydrogen-bond donors (Lipinski definition) is 0. The van der Waals surface area contributed by atoms with Crippen molar-refractivity contribution in [2.75, 3.05) is 5.88 Å². The zero-order valence-electron chi connectivity index (χ0n) is 9.10. The van der Waals surface area contributed by atoms with Gasteiger partial charge in [0, 0.05) is 9.40 Å².